The second-order valence-corrected chi connectivity index (χ2v) is 5.57. The highest BCUT2D eigenvalue weighted by Crippen LogP contribution is 2.30. The second kappa shape index (κ2) is 6.22. The minimum atomic E-state index is -0.867. The Kier molecular flexibility index (Phi) is 4.57. The average molecular weight is 293 g/mol. The van der Waals surface area contributed by atoms with Gasteiger partial charge in [0.05, 0.1) is 16.1 Å². The van der Waals surface area contributed by atoms with Gasteiger partial charge in [-0.1, -0.05) is 19.3 Å². The average Bonchev–Trinajstić information content (AvgIpc) is 2.45. The molecule has 21 heavy (non-hydrogen) atoms. The predicted molar refractivity (Wildman–Crippen MR) is 76.6 cm³/mol. The monoisotopic (exact) mass is 293 g/mol. The highest BCUT2D eigenvalue weighted by molar-refractivity contribution is 5.97. The van der Waals surface area contributed by atoms with E-state index in [1.54, 1.807) is 0 Å². The van der Waals surface area contributed by atoms with E-state index in [4.69, 9.17) is 4.74 Å². The van der Waals surface area contributed by atoms with E-state index in [0.717, 1.165) is 19.3 Å². The molecule has 0 aromatic heterocycles. The molecule has 0 bridgehead atoms. The number of non-ortho nitro benzene ring substituents is 1. The van der Waals surface area contributed by atoms with E-state index in [-0.39, 0.29) is 29.4 Å². The number of aliphatic hydroxyl groups is 1. The number of benzene rings is 1. The highest BCUT2D eigenvalue weighted by atomic mass is 16.6. The number of carbonyl (C=O) groups excluding carboxylic acids is 1. The summed E-state index contributed by atoms with van der Waals surface area (Å²) in [5.74, 6) is -0.0172. The Morgan fingerprint density at radius 2 is 2.05 bits per heavy atom. The lowest BCUT2D eigenvalue weighted by Gasteiger charge is -2.31. The number of ether oxygens (including phenoxy) is 1. The fourth-order valence-electron chi connectivity index (χ4n) is 2.60. The summed E-state index contributed by atoms with van der Waals surface area (Å²) in [7, 11) is 0. The first-order valence-electron chi connectivity index (χ1n) is 7.06. The van der Waals surface area contributed by atoms with Gasteiger partial charge in [0.15, 0.2) is 5.78 Å². The van der Waals surface area contributed by atoms with Crippen LogP contribution in [0.25, 0.3) is 0 Å². The van der Waals surface area contributed by atoms with Crippen LogP contribution in [0.3, 0.4) is 0 Å². The van der Waals surface area contributed by atoms with E-state index in [0.29, 0.717) is 12.8 Å². The van der Waals surface area contributed by atoms with Gasteiger partial charge in [-0.25, -0.2) is 0 Å². The van der Waals surface area contributed by atoms with Crippen LogP contribution in [-0.2, 0) is 0 Å². The predicted octanol–water partition coefficient (Wildman–Crippen LogP) is 2.87. The minimum Gasteiger partial charge on any atom is -0.490 e. The molecule has 2 rings (SSSR count). The van der Waals surface area contributed by atoms with Crippen LogP contribution in [0.2, 0.25) is 0 Å². The number of nitro groups is 1. The molecule has 0 spiro atoms. The maximum absolute atomic E-state index is 11.6. The summed E-state index contributed by atoms with van der Waals surface area (Å²) in [6, 6.07) is 3.93. The van der Waals surface area contributed by atoms with Crippen LogP contribution in [0.4, 0.5) is 5.69 Å². The molecule has 1 fully saturated rings. The molecule has 0 amide bonds. The molecule has 0 saturated heterocycles. The number of nitro benzene ring substituents is 1. The normalized spacial score (nSPS) is 17.2. The van der Waals surface area contributed by atoms with E-state index in [9.17, 15) is 20.0 Å². The minimum absolute atomic E-state index is 0.102. The van der Waals surface area contributed by atoms with Gasteiger partial charge in [0.2, 0.25) is 0 Å². The molecular formula is C15H19NO5. The summed E-state index contributed by atoms with van der Waals surface area (Å²) in [6.45, 7) is 1.44. The van der Waals surface area contributed by atoms with Crippen LogP contribution in [0.5, 0.6) is 5.75 Å². The van der Waals surface area contributed by atoms with Gasteiger partial charge in [-0.3, -0.25) is 14.9 Å². The van der Waals surface area contributed by atoms with Crippen molar-refractivity contribution in [1.29, 1.82) is 0 Å². The Labute approximate surface area is 122 Å². The third-order valence-corrected chi connectivity index (χ3v) is 3.83. The summed E-state index contributed by atoms with van der Waals surface area (Å²) in [6.07, 6.45) is 4.38. The molecular weight excluding hydrogens is 274 g/mol. The van der Waals surface area contributed by atoms with Crippen molar-refractivity contribution in [2.24, 2.45) is 0 Å². The van der Waals surface area contributed by atoms with E-state index < -0.39 is 10.5 Å². The fourth-order valence-corrected chi connectivity index (χ4v) is 2.60. The van der Waals surface area contributed by atoms with Crippen molar-refractivity contribution in [3.05, 3.63) is 33.9 Å². The summed E-state index contributed by atoms with van der Waals surface area (Å²) in [4.78, 5) is 21.8. The van der Waals surface area contributed by atoms with Crippen LogP contribution < -0.4 is 4.74 Å². The molecule has 1 aliphatic rings. The highest BCUT2D eigenvalue weighted by Gasteiger charge is 2.30. The Bertz CT molecular complexity index is 549. The van der Waals surface area contributed by atoms with Gasteiger partial charge in [0.25, 0.3) is 5.69 Å². The lowest BCUT2D eigenvalue weighted by molar-refractivity contribution is -0.384. The van der Waals surface area contributed by atoms with Crippen molar-refractivity contribution < 1.29 is 19.6 Å². The zero-order valence-electron chi connectivity index (χ0n) is 12.0. The van der Waals surface area contributed by atoms with Crippen molar-refractivity contribution in [2.45, 2.75) is 44.6 Å². The van der Waals surface area contributed by atoms with Crippen molar-refractivity contribution in [2.75, 3.05) is 6.61 Å². The molecule has 0 radical (unpaired) electrons. The number of ketones is 1. The third kappa shape index (κ3) is 3.78. The molecule has 0 unspecified atom stereocenters. The van der Waals surface area contributed by atoms with Crippen LogP contribution in [0.15, 0.2) is 18.2 Å². The summed E-state index contributed by atoms with van der Waals surface area (Å²) >= 11 is 0. The Balaban J connectivity index is 2.15. The summed E-state index contributed by atoms with van der Waals surface area (Å²) in [5.41, 5.74) is -0.846. The first kappa shape index (κ1) is 15.4. The zero-order valence-corrected chi connectivity index (χ0v) is 12.0. The topological polar surface area (TPSA) is 89.7 Å². The molecule has 1 aromatic rings. The Morgan fingerprint density at radius 1 is 1.38 bits per heavy atom. The Hall–Kier alpha value is -1.95. The van der Waals surface area contributed by atoms with E-state index >= 15 is 0 Å². The number of rotatable bonds is 5. The molecule has 0 heterocycles. The number of hydrogen-bond acceptors (Lipinski definition) is 5. The second-order valence-electron chi connectivity index (χ2n) is 5.57. The van der Waals surface area contributed by atoms with Crippen LogP contribution in [0.1, 0.15) is 49.4 Å². The number of carbonyl (C=O) groups is 1. The zero-order chi connectivity index (χ0) is 15.5. The summed E-state index contributed by atoms with van der Waals surface area (Å²) in [5, 5.41) is 21.1. The molecule has 1 aromatic carbocycles. The Morgan fingerprint density at radius 3 is 2.62 bits per heavy atom. The molecule has 114 valence electrons. The maximum atomic E-state index is 11.6. The molecule has 1 saturated carbocycles. The first-order chi connectivity index (χ1) is 9.91. The van der Waals surface area contributed by atoms with Crippen molar-refractivity contribution in [1.82, 2.24) is 0 Å². The van der Waals surface area contributed by atoms with Crippen molar-refractivity contribution in [3.63, 3.8) is 0 Å². The van der Waals surface area contributed by atoms with Gasteiger partial charge in [-0.2, -0.15) is 0 Å². The first-order valence-corrected chi connectivity index (χ1v) is 7.06. The van der Waals surface area contributed by atoms with Crippen LogP contribution in [0, 0.1) is 10.1 Å². The lowest BCUT2D eigenvalue weighted by Crippen LogP contribution is -2.38. The van der Waals surface area contributed by atoms with Crippen molar-refractivity contribution in [3.8, 4) is 5.75 Å². The van der Waals surface area contributed by atoms with E-state index in [1.165, 1.54) is 25.1 Å². The lowest BCUT2D eigenvalue weighted by atomic mass is 9.85. The summed E-state index contributed by atoms with van der Waals surface area (Å²) < 4.78 is 5.58. The van der Waals surface area contributed by atoms with Crippen LogP contribution >= 0.6 is 0 Å². The molecule has 6 heteroatoms. The number of nitrogens with zero attached hydrogens (tertiary/aromatic N) is 1. The third-order valence-electron chi connectivity index (χ3n) is 3.83. The van der Waals surface area contributed by atoms with Crippen molar-refractivity contribution >= 4 is 11.5 Å². The maximum Gasteiger partial charge on any atom is 0.270 e. The quantitative estimate of drug-likeness (QED) is 0.512. The van der Waals surface area contributed by atoms with Gasteiger partial charge in [0, 0.05) is 12.1 Å². The molecule has 0 aliphatic heterocycles. The molecule has 0 atom stereocenters. The van der Waals surface area contributed by atoms with Gasteiger partial charge >= 0.3 is 0 Å². The molecule has 1 N–H and O–H groups in total. The van der Waals surface area contributed by atoms with Gasteiger partial charge < -0.3 is 9.84 Å². The SMILES string of the molecule is CC(=O)c1cc([N+](=O)[O-])ccc1OCC1(O)CCCCC1. The number of Topliss-reactive ketones (excluding diaryl/α,β-unsaturated/α-hetero) is 1. The van der Waals surface area contributed by atoms with E-state index in [2.05, 4.69) is 0 Å². The fraction of sp³-hybridized carbons (Fsp3) is 0.533. The van der Waals surface area contributed by atoms with Gasteiger partial charge in [-0.15, -0.1) is 0 Å². The van der Waals surface area contributed by atoms with E-state index in [1.807, 2.05) is 0 Å². The number of hydrogen-bond donors (Lipinski definition) is 1. The molecule has 6 nitrogen and oxygen atoms in total. The molecule has 1 aliphatic carbocycles. The van der Waals surface area contributed by atoms with Crippen LogP contribution in [-0.4, -0.2) is 28.0 Å². The van der Waals surface area contributed by atoms with Gasteiger partial charge in [0.1, 0.15) is 12.4 Å². The smallest absolute Gasteiger partial charge is 0.270 e. The van der Waals surface area contributed by atoms with Gasteiger partial charge in [-0.05, 0) is 25.8 Å². The largest absolute Gasteiger partial charge is 0.490 e. The standard InChI is InChI=1S/C15H19NO5/c1-11(17)13-9-12(16(19)20)5-6-14(13)21-10-15(18)7-3-2-4-8-15/h5-6,9,18H,2-4,7-8,10H2,1H3.